The maximum absolute atomic E-state index is 12.7. The molecule has 0 saturated carbocycles. The first-order valence-corrected chi connectivity index (χ1v) is 9.05. The Hall–Kier alpha value is -2.10. The third-order valence-corrected chi connectivity index (χ3v) is 5.60. The van der Waals surface area contributed by atoms with Crippen LogP contribution in [0, 0.1) is 6.92 Å². The van der Waals surface area contributed by atoms with Gasteiger partial charge in [0.2, 0.25) is 0 Å². The molecule has 1 N–H and O–H groups in total. The SMILES string of the molecule is Cc1c(NS(=O)(=O)N2CCOCC2)c(=O)n(-c2ccccc2)n1C. The Labute approximate surface area is 140 Å². The number of benzene rings is 1. The number of hydrogen-bond donors (Lipinski definition) is 1. The molecule has 1 saturated heterocycles. The summed E-state index contributed by atoms with van der Waals surface area (Å²) in [4.78, 5) is 12.7. The molecule has 0 amide bonds. The van der Waals surface area contributed by atoms with Crippen LogP contribution in [-0.2, 0) is 22.0 Å². The largest absolute Gasteiger partial charge is 0.379 e. The molecule has 0 aliphatic carbocycles. The molecule has 1 aliphatic rings. The molecule has 0 bridgehead atoms. The first-order chi connectivity index (χ1) is 11.4. The van der Waals surface area contributed by atoms with Gasteiger partial charge in [-0.15, -0.1) is 0 Å². The van der Waals surface area contributed by atoms with Crippen LogP contribution in [0.4, 0.5) is 5.69 Å². The molecule has 24 heavy (non-hydrogen) atoms. The van der Waals surface area contributed by atoms with Crippen molar-refractivity contribution in [2.45, 2.75) is 6.92 Å². The van der Waals surface area contributed by atoms with Gasteiger partial charge in [-0.2, -0.15) is 12.7 Å². The van der Waals surface area contributed by atoms with Crippen molar-refractivity contribution in [2.75, 3.05) is 31.0 Å². The van der Waals surface area contributed by atoms with Crippen molar-refractivity contribution in [1.29, 1.82) is 0 Å². The summed E-state index contributed by atoms with van der Waals surface area (Å²) in [6, 6.07) is 9.08. The molecular weight excluding hydrogens is 332 g/mol. The van der Waals surface area contributed by atoms with E-state index in [9.17, 15) is 13.2 Å². The Kier molecular flexibility index (Phi) is 4.48. The number of nitrogens with one attached hydrogen (secondary N) is 1. The highest BCUT2D eigenvalue weighted by molar-refractivity contribution is 7.90. The van der Waals surface area contributed by atoms with Gasteiger partial charge in [0.05, 0.1) is 24.6 Å². The topological polar surface area (TPSA) is 85.6 Å². The van der Waals surface area contributed by atoms with E-state index in [-0.39, 0.29) is 18.8 Å². The molecule has 1 fully saturated rings. The Morgan fingerprint density at radius 3 is 2.38 bits per heavy atom. The Morgan fingerprint density at radius 1 is 1.12 bits per heavy atom. The van der Waals surface area contributed by atoms with Gasteiger partial charge in [-0.1, -0.05) is 18.2 Å². The van der Waals surface area contributed by atoms with Crippen molar-refractivity contribution in [1.82, 2.24) is 13.7 Å². The van der Waals surface area contributed by atoms with E-state index in [0.717, 1.165) is 0 Å². The van der Waals surface area contributed by atoms with Crippen LogP contribution < -0.4 is 10.3 Å². The van der Waals surface area contributed by atoms with Crippen LogP contribution in [0.25, 0.3) is 5.69 Å². The Morgan fingerprint density at radius 2 is 1.75 bits per heavy atom. The number of anilines is 1. The lowest BCUT2D eigenvalue weighted by atomic mass is 10.3. The van der Waals surface area contributed by atoms with Crippen LogP contribution in [0.3, 0.4) is 0 Å². The van der Waals surface area contributed by atoms with Crippen LogP contribution >= 0.6 is 0 Å². The summed E-state index contributed by atoms with van der Waals surface area (Å²) in [6.07, 6.45) is 0. The van der Waals surface area contributed by atoms with Crippen molar-refractivity contribution in [2.24, 2.45) is 7.05 Å². The second kappa shape index (κ2) is 6.42. The summed E-state index contributed by atoms with van der Waals surface area (Å²) in [7, 11) is -2.07. The lowest BCUT2D eigenvalue weighted by Gasteiger charge is -2.26. The predicted molar refractivity (Wildman–Crippen MR) is 90.7 cm³/mol. The molecule has 130 valence electrons. The van der Waals surface area contributed by atoms with Crippen molar-refractivity contribution in [3.8, 4) is 5.69 Å². The zero-order valence-corrected chi connectivity index (χ0v) is 14.4. The first kappa shape index (κ1) is 16.7. The van der Waals surface area contributed by atoms with E-state index in [0.29, 0.717) is 24.6 Å². The average Bonchev–Trinajstić information content (AvgIpc) is 2.80. The molecule has 0 unspecified atom stereocenters. The van der Waals surface area contributed by atoms with E-state index < -0.39 is 15.8 Å². The predicted octanol–water partition coefficient (Wildman–Crippen LogP) is 0.473. The quantitative estimate of drug-likeness (QED) is 0.867. The molecule has 0 atom stereocenters. The fourth-order valence-corrected chi connectivity index (χ4v) is 3.92. The van der Waals surface area contributed by atoms with Crippen LogP contribution in [0.1, 0.15) is 5.69 Å². The van der Waals surface area contributed by atoms with Gasteiger partial charge in [0.15, 0.2) is 0 Å². The summed E-state index contributed by atoms with van der Waals surface area (Å²) in [5.41, 5.74) is 0.872. The summed E-state index contributed by atoms with van der Waals surface area (Å²) in [5.74, 6) is 0. The van der Waals surface area contributed by atoms with Crippen molar-refractivity contribution < 1.29 is 13.2 Å². The second-order valence-electron chi connectivity index (χ2n) is 5.56. The molecule has 0 radical (unpaired) electrons. The molecule has 8 nitrogen and oxygen atoms in total. The highest BCUT2D eigenvalue weighted by Crippen LogP contribution is 2.17. The molecular formula is C15H20N4O4S. The fourth-order valence-electron chi connectivity index (χ4n) is 2.67. The van der Waals surface area contributed by atoms with Gasteiger partial charge >= 0.3 is 10.2 Å². The molecule has 1 aliphatic heterocycles. The average molecular weight is 352 g/mol. The van der Waals surface area contributed by atoms with Gasteiger partial charge in [-0.25, -0.2) is 4.68 Å². The van der Waals surface area contributed by atoms with Crippen LogP contribution in [0.2, 0.25) is 0 Å². The third kappa shape index (κ3) is 2.97. The van der Waals surface area contributed by atoms with Crippen LogP contribution in [0.5, 0.6) is 0 Å². The highest BCUT2D eigenvalue weighted by atomic mass is 32.2. The summed E-state index contributed by atoms with van der Waals surface area (Å²) in [5, 5.41) is 0. The monoisotopic (exact) mass is 352 g/mol. The van der Waals surface area contributed by atoms with E-state index in [1.807, 2.05) is 18.2 Å². The zero-order valence-electron chi connectivity index (χ0n) is 13.6. The lowest BCUT2D eigenvalue weighted by Crippen LogP contribution is -2.44. The minimum absolute atomic E-state index is 0.0628. The van der Waals surface area contributed by atoms with Gasteiger partial charge in [0.1, 0.15) is 5.69 Å². The zero-order chi connectivity index (χ0) is 17.3. The lowest BCUT2D eigenvalue weighted by molar-refractivity contribution is 0.0733. The minimum Gasteiger partial charge on any atom is -0.379 e. The van der Waals surface area contributed by atoms with E-state index in [1.54, 1.807) is 30.8 Å². The first-order valence-electron chi connectivity index (χ1n) is 7.61. The summed E-state index contributed by atoms with van der Waals surface area (Å²) < 4.78 is 37.0. The number of aromatic nitrogens is 2. The summed E-state index contributed by atoms with van der Waals surface area (Å²) in [6.45, 7) is 2.95. The standard InChI is InChI=1S/C15H20N4O4S/c1-12-14(16-24(21,22)18-8-10-23-11-9-18)15(20)19(17(12)2)13-6-4-3-5-7-13/h3-7,16H,8-11H2,1-2H3. The van der Waals surface area contributed by atoms with Crippen LogP contribution in [-0.4, -0.2) is 48.4 Å². The van der Waals surface area contributed by atoms with Gasteiger partial charge in [0, 0.05) is 20.1 Å². The Bertz CT molecular complexity index is 880. The molecule has 1 aromatic carbocycles. The van der Waals surface area contributed by atoms with Gasteiger partial charge in [-0.05, 0) is 19.1 Å². The van der Waals surface area contributed by atoms with Crippen LogP contribution in [0.15, 0.2) is 35.1 Å². The maximum atomic E-state index is 12.7. The van der Waals surface area contributed by atoms with E-state index in [2.05, 4.69) is 4.72 Å². The molecule has 3 rings (SSSR count). The van der Waals surface area contributed by atoms with E-state index in [4.69, 9.17) is 4.74 Å². The molecule has 0 spiro atoms. The van der Waals surface area contributed by atoms with E-state index >= 15 is 0 Å². The molecule has 2 heterocycles. The molecule has 9 heteroatoms. The third-order valence-electron chi connectivity index (χ3n) is 4.10. The molecule has 2 aromatic rings. The second-order valence-corrected chi connectivity index (χ2v) is 7.23. The highest BCUT2D eigenvalue weighted by Gasteiger charge is 2.27. The fraction of sp³-hybridized carbons (Fsp3) is 0.400. The number of ether oxygens (including phenoxy) is 1. The van der Waals surface area contributed by atoms with Crippen molar-refractivity contribution in [3.63, 3.8) is 0 Å². The number of para-hydroxylation sites is 1. The normalized spacial score (nSPS) is 16.2. The van der Waals surface area contributed by atoms with Gasteiger partial charge in [0.25, 0.3) is 5.56 Å². The summed E-state index contributed by atoms with van der Waals surface area (Å²) >= 11 is 0. The number of hydrogen-bond acceptors (Lipinski definition) is 4. The van der Waals surface area contributed by atoms with Gasteiger partial charge in [-0.3, -0.25) is 14.2 Å². The van der Waals surface area contributed by atoms with Crippen molar-refractivity contribution in [3.05, 3.63) is 46.4 Å². The number of nitrogens with zero attached hydrogens (tertiary/aromatic N) is 3. The number of morpholine rings is 1. The minimum atomic E-state index is -3.79. The van der Waals surface area contributed by atoms with Crippen molar-refractivity contribution >= 4 is 15.9 Å². The van der Waals surface area contributed by atoms with Gasteiger partial charge < -0.3 is 4.74 Å². The maximum Gasteiger partial charge on any atom is 0.302 e. The smallest absolute Gasteiger partial charge is 0.302 e. The number of rotatable bonds is 4. The molecule has 1 aromatic heterocycles. The Balaban J connectivity index is 1.99. The van der Waals surface area contributed by atoms with E-state index in [1.165, 1.54) is 8.99 Å².